The Morgan fingerprint density at radius 3 is 2.51 bits per heavy atom. The lowest BCUT2D eigenvalue weighted by molar-refractivity contribution is 0.0952. The summed E-state index contributed by atoms with van der Waals surface area (Å²) in [5.41, 5.74) is 2.17. The normalized spacial score (nSPS) is 11.9. The Labute approximate surface area is 209 Å². The molecule has 2 N–H and O–H groups in total. The second kappa shape index (κ2) is 9.69. The van der Waals surface area contributed by atoms with Gasteiger partial charge in [0.15, 0.2) is 0 Å². The van der Waals surface area contributed by atoms with Gasteiger partial charge in [-0.2, -0.15) is 0 Å². The maximum absolute atomic E-state index is 13.0. The van der Waals surface area contributed by atoms with E-state index in [9.17, 15) is 9.59 Å². The van der Waals surface area contributed by atoms with E-state index in [0.29, 0.717) is 32.3 Å². The molecule has 174 valence electrons. The fraction of sp³-hybridized carbons (Fsp3) is 0.0800. The first-order chi connectivity index (χ1) is 17.0. The number of aromatic nitrogens is 5. The molecule has 0 aliphatic carbocycles. The second-order valence-electron chi connectivity index (χ2n) is 7.82. The summed E-state index contributed by atoms with van der Waals surface area (Å²) in [7, 11) is 0. The third-order valence-corrected chi connectivity index (χ3v) is 6.15. The molecule has 0 aliphatic rings. The highest BCUT2D eigenvalue weighted by Gasteiger charge is 2.20. The number of amides is 1. The highest BCUT2D eigenvalue weighted by Crippen LogP contribution is 2.24. The van der Waals surface area contributed by atoms with Crippen LogP contribution in [-0.2, 0) is 0 Å². The average Bonchev–Trinajstić information content (AvgIpc) is 3.40. The van der Waals surface area contributed by atoms with Gasteiger partial charge in [-0.25, -0.2) is 4.98 Å². The summed E-state index contributed by atoms with van der Waals surface area (Å²) in [5.74, 6) is -0.311. The number of rotatable bonds is 6. The summed E-state index contributed by atoms with van der Waals surface area (Å²) in [5, 5.41) is 11.6. The number of aromatic amines is 1. The highest BCUT2D eigenvalue weighted by molar-refractivity contribution is 6.34. The van der Waals surface area contributed by atoms with Crippen molar-refractivity contribution in [3.05, 3.63) is 117 Å². The number of fused-ring (bicyclic) bond motifs is 1. The van der Waals surface area contributed by atoms with Crippen molar-refractivity contribution in [2.24, 2.45) is 0 Å². The molecule has 10 heteroatoms. The quantitative estimate of drug-likeness (QED) is 0.357. The third kappa shape index (κ3) is 4.80. The molecular formula is C25H18Cl2N6O2. The van der Waals surface area contributed by atoms with Gasteiger partial charge in [0.05, 0.1) is 27.4 Å². The minimum absolute atomic E-state index is 0.189. The molecular weight excluding hydrogens is 487 g/mol. The van der Waals surface area contributed by atoms with Gasteiger partial charge in [-0.15, -0.1) is 10.2 Å². The molecule has 8 nitrogen and oxygen atoms in total. The second-order valence-corrected chi connectivity index (χ2v) is 8.66. The van der Waals surface area contributed by atoms with Crippen molar-refractivity contribution in [2.75, 3.05) is 6.54 Å². The number of carbonyl (C=O) groups is 1. The van der Waals surface area contributed by atoms with Crippen LogP contribution in [0.2, 0.25) is 10.0 Å². The predicted octanol–water partition coefficient (Wildman–Crippen LogP) is 4.37. The van der Waals surface area contributed by atoms with Crippen LogP contribution < -0.4 is 10.9 Å². The number of halogens is 2. The van der Waals surface area contributed by atoms with Crippen molar-refractivity contribution in [3.8, 4) is 5.69 Å². The molecule has 2 heterocycles. The zero-order chi connectivity index (χ0) is 24.4. The van der Waals surface area contributed by atoms with Gasteiger partial charge in [0.1, 0.15) is 18.5 Å². The van der Waals surface area contributed by atoms with Crippen LogP contribution in [-0.4, -0.2) is 37.2 Å². The summed E-state index contributed by atoms with van der Waals surface area (Å²) in [6.07, 6.45) is 3.09. The molecule has 0 unspecified atom stereocenters. The monoisotopic (exact) mass is 504 g/mol. The Balaban J connectivity index is 1.44. The Hall–Kier alpha value is -4.01. The number of benzene rings is 3. The van der Waals surface area contributed by atoms with Crippen molar-refractivity contribution in [2.45, 2.75) is 5.92 Å². The number of H-pyrrole nitrogens is 1. The van der Waals surface area contributed by atoms with Crippen LogP contribution in [0.5, 0.6) is 0 Å². The number of hydrogen-bond acceptors (Lipinski definition) is 5. The Morgan fingerprint density at radius 1 is 1.00 bits per heavy atom. The van der Waals surface area contributed by atoms with Gasteiger partial charge < -0.3 is 10.3 Å². The van der Waals surface area contributed by atoms with Gasteiger partial charge in [0.25, 0.3) is 11.5 Å². The van der Waals surface area contributed by atoms with E-state index < -0.39 is 5.92 Å². The van der Waals surface area contributed by atoms with E-state index in [0.717, 1.165) is 11.3 Å². The van der Waals surface area contributed by atoms with E-state index in [1.54, 1.807) is 53.6 Å². The Kier molecular flexibility index (Phi) is 6.31. The van der Waals surface area contributed by atoms with E-state index in [4.69, 9.17) is 23.2 Å². The van der Waals surface area contributed by atoms with Crippen LogP contribution in [0.15, 0.2) is 84.2 Å². The van der Waals surface area contributed by atoms with Crippen LogP contribution >= 0.6 is 23.2 Å². The summed E-state index contributed by atoms with van der Waals surface area (Å²) in [6.45, 7) is 0.189. The van der Waals surface area contributed by atoms with Crippen LogP contribution in [0, 0.1) is 0 Å². The van der Waals surface area contributed by atoms with Crippen LogP contribution in [0.25, 0.3) is 16.6 Å². The molecule has 0 spiro atoms. The lowest BCUT2D eigenvalue weighted by Crippen LogP contribution is -2.30. The topological polar surface area (TPSA) is 106 Å². The van der Waals surface area contributed by atoms with E-state index in [2.05, 4.69) is 25.5 Å². The molecule has 5 rings (SSSR count). The molecule has 5 aromatic rings. The van der Waals surface area contributed by atoms with E-state index in [-0.39, 0.29) is 18.0 Å². The van der Waals surface area contributed by atoms with Crippen molar-refractivity contribution in [1.82, 2.24) is 30.0 Å². The first-order valence-electron chi connectivity index (χ1n) is 10.7. The van der Waals surface area contributed by atoms with Gasteiger partial charge in [-0.3, -0.25) is 14.2 Å². The molecule has 0 radical (unpaired) electrons. The fourth-order valence-electron chi connectivity index (χ4n) is 3.82. The van der Waals surface area contributed by atoms with E-state index in [1.165, 1.54) is 0 Å². The molecule has 1 atom stereocenters. The smallest absolute Gasteiger partial charge is 0.258 e. The molecule has 0 saturated heterocycles. The van der Waals surface area contributed by atoms with Gasteiger partial charge in [-0.05, 0) is 42.0 Å². The summed E-state index contributed by atoms with van der Waals surface area (Å²) in [6, 6.07) is 19.6. The predicted molar refractivity (Wildman–Crippen MR) is 134 cm³/mol. The van der Waals surface area contributed by atoms with Crippen molar-refractivity contribution in [3.63, 3.8) is 0 Å². The van der Waals surface area contributed by atoms with Gasteiger partial charge in [0, 0.05) is 17.3 Å². The first kappa shape index (κ1) is 22.8. The average molecular weight is 505 g/mol. The van der Waals surface area contributed by atoms with Crippen molar-refractivity contribution < 1.29 is 4.79 Å². The molecule has 35 heavy (non-hydrogen) atoms. The standard InChI is InChI=1S/C25H18Cl2N6O2/c26-16-6-9-22-19(10-16)25(35)32-23(31-22)20(15-4-2-1-3-5-15)12-28-24(34)18-8-7-17(11-21(18)27)33-13-29-30-14-33/h1-11,13-14,20H,12H2,(H,28,34)(H,31,32,35)/t20-/m0/s1. The Morgan fingerprint density at radius 2 is 1.77 bits per heavy atom. The van der Waals surface area contributed by atoms with Gasteiger partial charge >= 0.3 is 0 Å². The fourth-order valence-corrected chi connectivity index (χ4v) is 4.26. The minimum Gasteiger partial charge on any atom is -0.351 e. The molecule has 2 aromatic heterocycles. The molecule has 0 saturated carbocycles. The van der Waals surface area contributed by atoms with Gasteiger partial charge in [0.2, 0.25) is 0 Å². The third-order valence-electron chi connectivity index (χ3n) is 5.60. The summed E-state index contributed by atoms with van der Waals surface area (Å²) >= 11 is 12.4. The van der Waals surface area contributed by atoms with Gasteiger partial charge in [-0.1, -0.05) is 53.5 Å². The van der Waals surface area contributed by atoms with Crippen LogP contribution in [0.3, 0.4) is 0 Å². The summed E-state index contributed by atoms with van der Waals surface area (Å²) in [4.78, 5) is 33.3. The zero-order valence-electron chi connectivity index (χ0n) is 18.2. The highest BCUT2D eigenvalue weighted by atomic mass is 35.5. The summed E-state index contributed by atoms with van der Waals surface area (Å²) < 4.78 is 1.69. The van der Waals surface area contributed by atoms with E-state index in [1.807, 2.05) is 30.3 Å². The first-order valence-corrected chi connectivity index (χ1v) is 11.4. The lowest BCUT2D eigenvalue weighted by Gasteiger charge is -2.18. The number of carbonyl (C=O) groups excluding carboxylic acids is 1. The molecule has 0 fully saturated rings. The molecule has 0 bridgehead atoms. The Bertz CT molecular complexity index is 1570. The maximum Gasteiger partial charge on any atom is 0.258 e. The lowest BCUT2D eigenvalue weighted by atomic mass is 9.97. The van der Waals surface area contributed by atoms with Crippen LogP contribution in [0.4, 0.5) is 0 Å². The zero-order valence-corrected chi connectivity index (χ0v) is 19.7. The van der Waals surface area contributed by atoms with Crippen molar-refractivity contribution >= 4 is 40.0 Å². The number of hydrogen-bond donors (Lipinski definition) is 2. The molecule has 0 aliphatic heterocycles. The number of nitrogens with one attached hydrogen (secondary N) is 2. The SMILES string of the molecule is O=C(NC[C@@H](c1ccccc1)c1nc2ccc(Cl)cc2c(=O)[nH]1)c1ccc(-n2cnnc2)cc1Cl. The minimum atomic E-state index is -0.400. The molecule has 1 amide bonds. The van der Waals surface area contributed by atoms with Crippen molar-refractivity contribution in [1.29, 1.82) is 0 Å². The molecule has 3 aromatic carbocycles. The largest absolute Gasteiger partial charge is 0.351 e. The number of nitrogens with zero attached hydrogens (tertiary/aromatic N) is 4. The van der Waals surface area contributed by atoms with E-state index >= 15 is 0 Å². The maximum atomic E-state index is 13.0. The van der Waals surface area contributed by atoms with Crippen LogP contribution in [0.1, 0.15) is 27.7 Å².